The number of carbonyl (C=O) groups is 1. The maximum atomic E-state index is 13.0. The fourth-order valence-electron chi connectivity index (χ4n) is 1.29. The lowest BCUT2D eigenvalue weighted by molar-refractivity contribution is 0.102. The smallest absolute Gasteiger partial charge is 0.275 e. The summed E-state index contributed by atoms with van der Waals surface area (Å²) < 4.78 is 13.0. The Bertz CT molecular complexity index is 587. The molecule has 0 aliphatic heterocycles. The van der Waals surface area contributed by atoms with Gasteiger partial charge in [0.15, 0.2) is 0 Å². The Morgan fingerprint density at radius 1 is 1.56 bits per heavy atom. The van der Waals surface area contributed by atoms with Crippen molar-refractivity contribution in [3.8, 4) is 0 Å². The van der Waals surface area contributed by atoms with Crippen molar-refractivity contribution in [3.63, 3.8) is 0 Å². The average Bonchev–Trinajstić information content (AvgIpc) is 2.82. The van der Waals surface area contributed by atoms with Crippen LogP contribution in [0.25, 0.3) is 0 Å². The molecule has 0 aliphatic rings. The molecule has 0 bridgehead atoms. The molecule has 94 valence electrons. The van der Waals surface area contributed by atoms with E-state index >= 15 is 0 Å². The highest BCUT2D eigenvalue weighted by atomic mass is 35.5. The monoisotopic (exact) mass is 285 g/mol. The second-order valence-corrected chi connectivity index (χ2v) is 4.76. The largest absolute Gasteiger partial charge is 0.325 e. The molecule has 7 heteroatoms. The summed E-state index contributed by atoms with van der Waals surface area (Å²) in [6.45, 7) is 0.276. The van der Waals surface area contributed by atoms with Crippen LogP contribution in [0.5, 0.6) is 0 Å². The van der Waals surface area contributed by atoms with Gasteiger partial charge in [-0.2, -0.15) is 0 Å². The highest BCUT2D eigenvalue weighted by Gasteiger charge is 2.12. The summed E-state index contributed by atoms with van der Waals surface area (Å²) in [5, 5.41) is 5.01. The van der Waals surface area contributed by atoms with Gasteiger partial charge in [-0.25, -0.2) is 9.37 Å². The number of nitrogens with zero attached hydrogens (tertiary/aromatic N) is 1. The van der Waals surface area contributed by atoms with Crippen LogP contribution in [0.4, 0.5) is 10.1 Å². The standard InChI is InChI=1S/C11H9ClFN3OS/c12-7-2-1-6(13)3-8(7)16-11(17)9-5-18-10(4-14)15-9/h1-3,5H,4,14H2,(H,16,17). The second-order valence-electron chi connectivity index (χ2n) is 3.41. The van der Waals surface area contributed by atoms with Gasteiger partial charge in [-0.1, -0.05) is 11.6 Å². The number of nitrogens with one attached hydrogen (secondary N) is 1. The van der Waals surface area contributed by atoms with Gasteiger partial charge in [0.2, 0.25) is 0 Å². The summed E-state index contributed by atoms with van der Waals surface area (Å²) in [5.74, 6) is -0.922. The summed E-state index contributed by atoms with van der Waals surface area (Å²) in [7, 11) is 0. The van der Waals surface area contributed by atoms with E-state index in [2.05, 4.69) is 10.3 Å². The van der Waals surface area contributed by atoms with Gasteiger partial charge in [0.1, 0.15) is 16.5 Å². The SMILES string of the molecule is NCc1nc(C(=O)Nc2cc(F)ccc2Cl)cs1. The van der Waals surface area contributed by atoms with Gasteiger partial charge >= 0.3 is 0 Å². The molecule has 4 nitrogen and oxygen atoms in total. The Kier molecular flexibility index (Phi) is 3.90. The predicted molar refractivity (Wildman–Crippen MR) is 69.4 cm³/mol. The first-order valence-corrected chi connectivity index (χ1v) is 6.27. The number of anilines is 1. The molecule has 0 atom stereocenters. The van der Waals surface area contributed by atoms with E-state index < -0.39 is 11.7 Å². The molecule has 1 aromatic heterocycles. The number of benzene rings is 1. The van der Waals surface area contributed by atoms with Gasteiger partial charge in [-0.05, 0) is 18.2 Å². The highest BCUT2D eigenvalue weighted by Crippen LogP contribution is 2.23. The van der Waals surface area contributed by atoms with E-state index in [0.717, 1.165) is 6.07 Å². The van der Waals surface area contributed by atoms with Crippen LogP contribution in [0.1, 0.15) is 15.5 Å². The van der Waals surface area contributed by atoms with Gasteiger partial charge < -0.3 is 11.1 Å². The normalized spacial score (nSPS) is 10.4. The number of amides is 1. The van der Waals surface area contributed by atoms with E-state index in [1.54, 1.807) is 5.38 Å². The number of carbonyl (C=O) groups excluding carboxylic acids is 1. The molecule has 18 heavy (non-hydrogen) atoms. The van der Waals surface area contributed by atoms with E-state index in [0.29, 0.717) is 5.01 Å². The molecule has 0 saturated heterocycles. The van der Waals surface area contributed by atoms with E-state index in [9.17, 15) is 9.18 Å². The molecule has 3 N–H and O–H groups in total. The molecule has 0 radical (unpaired) electrons. The first-order chi connectivity index (χ1) is 8.60. The third-order valence-corrected chi connectivity index (χ3v) is 3.34. The van der Waals surface area contributed by atoms with Crippen LogP contribution in [-0.2, 0) is 6.54 Å². The Balaban J connectivity index is 2.18. The van der Waals surface area contributed by atoms with Gasteiger partial charge in [0.25, 0.3) is 5.91 Å². The van der Waals surface area contributed by atoms with Gasteiger partial charge in [-0.15, -0.1) is 11.3 Å². The Hall–Kier alpha value is -1.50. The molecule has 2 aromatic rings. The van der Waals surface area contributed by atoms with Crippen LogP contribution in [0.15, 0.2) is 23.6 Å². The van der Waals surface area contributed by atoms with Crippen molar-refractivity contribution in [3.05, 3.63) is 45.1 Å². The van der Waals surface area contributed by atoms with Crippen LogP contribution >= 0.6 is 22.9 Å². The third kappa shape index (κ3) is 2.84. The first-order valence-electron chi connectivity index (χ1n) is 5.01. The zero-order valence-electron chi connectivity index (χ0n) is 9.11. The van der Waals surface area contributed by atoms with E-state index in [1.807, 2.05) is 0 Å². The molecule has 1 heterocycles. The summed E-state index contributed by atoms with van der Waals surface area (Å²) in [6.07, 6.45) is 0. The number of hydrogen-bond donors (Lipinski definition) is 2. The molecule has 2 rings (SSSR count). The van der Waals surface area contributed by atoms with Crippen LogP contribution in [0.3, 0.4) is 0 Å². The van der Waals surface area contributed by atoms with Crippen molar-refractivity contribution >= 4 is 34.5 Å². The lowest BCUT2D eigenvalue weighted by Crippen LogP contribution is -2.13. The van der Waals surface area contributed by atoms with Crippen molar-refractivity contribution in [1.29, 1.82) is 0 Å². The molecule has 0 aliphatic carbocycles. The maximum absolute atomic E-state index is 13.0. The van der Waals surface area contributed by atoms with E-state index in [1.165, 1.54) is 23.5 Å². The summed E-state index contributed by atoms with van der Waals surface area (Å²) in [6, 6.07) is 3.74. The summed E-state index contributed by atoms with van der Waals surface area (Å²) >= 11 is 7.13. The van der Waals surface area contributed by atoms with Crippen molar-refractivity contribution in [1.82, 2.24) is 4.98 Å². The topological polar surface area (TPSA) is 68.0 Å². The number of thiazole rings is 1. The van der Waals surface area contributed by atoms with Crippen molar-refractivity contribution in [2.75, 3.05) is 5.32 Å². The number of aromatic nitrogens is 1. The third-order valence-electron chi connectivity index (χ3n) is 2.14. The van der Waals surface area contributed by atoms with Crippen LogP contribution in [-0.4, -0.2) is 10.9 Å². The molecule has 1 amide bonds. The Morgan fingerprint density at radius 2 is 2.33 bits per heavy atom. The van der Waals surface area contributed by atoms with Crippen LogP contribution in [0, 0.1) is 5.82 Å². The molecule has 0 unspecified atom stereocenters. The van der Waals surface area contributed by atoms with Crippen molar-refractivity contribution < 1.29 is 9.18 Å². The number of hydrogen-bond acceptors (Lipinski definition) is 4. The van der Waals surface area contributed by atoms with Gasteiger partial charge in [0, 0.05) is 11.9 Å². The summed E-state index contributed by atoms with van der Waals surface area (Å²) in [4.78, 5) is 15.8. The van der Waals surface area contributed by atoms with E-state index in [-0.39, 0.29) is 22.9 Å². The lowest BCUT2D eigenvalue weighted by Gasteiger charge is -2.05. The highest BCUT2D eigenvalue weighted by molar-refractivity contribution is 7.09. The minimum absolute atomic E-state index is 0.212. The minimum Gasteiger partial charge on any atom is -0.325 e. The maximum Gasteiger partial charge on any atom is 0.275 e. The molecule has 0 spiro atoms. The van der Waals surface area contributed by atoms with Crippen LogP contribution < -0.4 is 11.1 Å². The number of nitrogens with two attached hydrogens (primary N) is 1. The number of halogens is 2. The van der Waals surface area contributed by atoms with Crippen LogP contribution in [0.2, 0.25) is 5.02 Å². The fraction of sp³-hybridized carbons (Fsp3) is 0.0909. The lowest BCUT2D eigenvalue weighted by atomic mass is 10.3. The van der Waals surface area contributed by atoms with Crippen molar-refractivity contribution in [2.45, 2.75) is 6.54 Å². The molecule has 0 saturated carbocycles. The minimum atomic E-state index is -0.476. The zero-order valence-corrected chi connectivity index (χ0v) is 10.7. The average molecular weight is 286 g/mol. The molecular weight excluding hydrogens is 277 g/mol. The quantitative estimate of drug-likeness (QED) is 0.911. The summed E-state index contributed by atoms with van der Waals surface area (Å²) in [5.41, 5.74) is 5.85. The predicted octanol–water partition coefficient (Wildman–Crippen LogP) is 2.65. The van der Waals surface area contributed by atoms with Gasteiger partial charge in [-0.3, -0.25) is 4.79 Å². The van der Waals surface area contributed by atoms with Crippen molar-refractivity contribution in [2.24, 2.45) is 5.73 Å². The zero-order chi connectivity index (χ0) is 13.1. The fourth-order valence-corrected chi connectivity index (χ4v) is 2.11. The number of rotatable bonds is 3. The Labute approximate surface area is 112 Å². The molecule has 1 aromatic carbocycles. The first kappa shape index (κ1) is 12.9. The van der Waals surface area contributed by atoms with Gasteiger partial charge in [0.05, 0.1) is 10.7 Å². The second kappa shape index (κ2) is 5.43. The molecule has 0 fully saturated rings. The Morgan fingerprint density at radius 3 is 3.00 bits per heavy atom. The molecular formula is C11H9ClFN3OS. The van der Waals surface area contributed by atoms with E-state index in [4.69, 9.17) is 17.3 Å².